The fraction of sp³-hybridized carbons (Fsp3) is 0.567. The van der Waals surface area contributed by atoms with Crippen LogP contribution in [0, 0.1) is 11.8 Å². The smallest absolute Gasteiger partial charge is 0.227 e. The molecule has 0 aliphatic carbocycles. The Morgan fingerprint density at radius 1 is 1.10 bits per heavy atom. The van der Waals surface area contributed by atoms with Crippen LogP contribution in [0.1, 0.15) is 52.5 Å². The Morgan fingerprint density at radius 2 is 1.90 bits per heavy atom. The van der Waals surface area contributed by atoms with Crippen molar-refractivity contribution in [2.75, 3.05) is 53.4 Å². The zero-order chi connectivity index (χ0) is 28.6. The standard InChI is InChI=1S/C30H42N6O3S/c1-7-40(37,38)18-22-17-36(21(22)5)26-9-8-23(19(2)3)24-14-29(32-15-25(24)26)33-28-10-12-31-30(34-28)35-13-11-27(39-6)20(4)16-35/h8-10,12,14-15,19-22,27H,7,11,13,16-18H2,1-6H3,(H,31,32,33,34)/t20-,21-,22-,27-/m1/s1. The van der Waals surface area contributed by atoms with Gasteiger partial charge in [-0.3, -0.25) is 0 Å². The zero-order valence-corrected chi connectivity index (χ0v) is 25.3. The van der Waals surface area contributed by atoms with Crippen LogP contribution in [0.25, 0.3) is 10.8 Å². The monoisotopic (exact) mass is 566 g/mol. The Kier molecular flexibility index (Phi) is 8.20. The van der Waals surface area contributed by atoms with Gasteiger partial charge in [-0.2, -0.15) is 4.98 Å². The second kappa shape index (κ2) is 11.5. The molecule has 3 aromatic rings. The van der Waals surface area contributed by atoms with E-state index in [9.17, 15) is 8.42 Å². The van der Waals surface area contributed by atoms with Gasteiger partial charge in [0.25, 0.3) is 0 Å². The topological polar surface area (TPSA) is 101 Å². The van der Waals surface area contributed by atoms with Crippen molar-refractivity contribution >= 4 is 43.9 Å². The van der Waals surface area contributed by atoms with Crippen molar-refractivity contribution in [2.45, 2.75) is 59.1 Å². The molecular weight excluding hydrogens is 524 g/mol. The van der Waals surface area contributed by atoms with Crippen LogP contribution in [0.4, 0.5) is 23.3 Å². The molecule has 2 aliphatic rings. The van der Waals surface area contributed by atoms with E-state index >= 15 is 0 Å². The fourth-order valence-corrected chi connectivity index (χ4v) is 7.34. The van der Waals surface area contributed by atoms with E-state index in [0.717, 1.165) is 48.3 Å². The molecule has 4 atom stereocenters. The Morgan fingerprint density at radius 3 is 2.58 bits per heavy atom. The van der Waals surface area contributed by atoms with Crippen LogP contribution < -0.4 is 15.1 Å². The van der Waals surface area contributed by atoms with E-state index < -0.39 is 9.84 Å². The molecule has 0 unspecified atom stereocenters. The summed E-state index contributed by atoms with van der Waals surface area (Å²) in [5.74, 6) is 3.48. The van der Waals surface area contributed by atoms with Crippen LogP contribution in [0.15, 0.2) is 36.7 Å². The zero-order valence-electron chi connectivity index (χ0n) is 24.5. The number of rotatable bonds is 9. The number of piperidine rings is 1. The first kappa shape index (κ1) is 28.5. The summed E-state index contributed by atoms with van der Waals surface area (Å²) in [6.07, 6.45) is 4.95. The van der Waals surface area contributed by atoms with Gasteiger partial charge in [-0.25, -0.2) is 18.4 Å². The number of hydrogen-bond acceptors (Lipinski definition) is 9. The van der Waals surface area contributed by atoms with Crippen LogP contribution in [-0.4, -0.2) is 73.8 Å². The maximum Gasteiger partial charge on any atom is 0.227 e. The summed E-state index contributed by atoms with van der Waals surface area (Å²) < 4.78 is 30.0. The molecule has 9 nitrogen and oxygen atoms in total. The number of hydrogen-bond donors (Lipinski definition) is 1. The maximum absolute atomic E-state index is 12.2. The molecule has 1 aromatic carbocycles. The van der Waals surface area contributed by atoms with Gasteiger partial charge in [0.15, 0.2) is 0 Å². The Labute approximate surface area is 238 Å². The lowest BCUT2D eigenvalue weighted by Gasteiger charge is -2.48. The average Bonchev–Trinajstić information content (AvgIpc) is 2.94. The summed E-state index contributed by atoms with van der Waals surface area (Å²) in [4.78, 5) is 18.6. The third-order valence-corrected chi connectivity index (χ3v) is 10.5. The van der Waals surface area contributed by atoms with Gasteiger partial charge in [0.1, 0.15) is 21.5 Å². The molecule has 0 saturated carbocycles. The second-order valence-corrected chi connectivity index (χ2v) is 14.0. The number of benzene rings is 1. The summed E-state index contributed by atoms with van der Waals surface area (Å²) in [6.45, 7) is 12.9. The fourth-order valence-electron chi connectivity index (χ4n) is 6.07. The van der Waals surface area contributed by atoms with E-state index in [1.54, 1.807) is 20.2 Å². The highest BCUT2D eigenvalue weighted by molar-refractivity contribution is 7.91. The van der Waals surface area contributed by atoms with Crippen molar-refractivity contribution in [3.63, 3.8) is 0 Å². The van der Waals surface area contributed by atoms with Crippen molar-refractivity contribution in [1.82, 2.24) is 15.0 Å². The highest BCUT2D eigenvalue weighted by Gasteiger charge is 2.38. The van der Waals surface area contributed by atoms with Crippen molar-refractivity contribution in [1.29, 1.82) is 0 Å². The quantitative estimate of drug-likeness (QED) is 0.383. The number of fused-ring (bicyclic) bond motifs is 1. The number of aromatic nitrogens is 3. The van der Waals surface area contributed by atoms with Gasteiger partial charge in [0.05, 0.1) is 11.9 Å². The maximum atomic E-state index is 12.2. The molecular formula is C30H42N6O3S. The van der Waals surface area contributed by atoms with Gasteiger partial charge in [-0.15, -0.1) is 0 Å². The molecule has 2 fully saturated rings. The summed E-state index contributed by atoms with van der Waals surface area (Å²) in [5.41, 5.74) is 2.36. The molecule has 0 amide bonds. The number of nitrogens with one attached hydrogen (secondary N) is 1. The molecule has 10 heteroatoms. The number of methoxy groups -OCH3 is 1. The molecule has 40 heavy (non-hydrogen) atoms. The number of anilines is 4. The molecule has 216 valence electrons. The largest absolute Gasteiger partial charge is 0.381 e. The Bertz CT molecular complexity index is 1460. The molecule has 2 aliphatic heterocycles. The van der Waals surface area contributed by atoms with Crippen LogP contribution in [0.5, 0.6) is 0 Å². The Balaban J connectivity index is 1.39. The first-order valence-electron chi connectivity index (χ1n) is 14.4. The van der Waals surface area contributed by atoms with Gasteiger partial charge >= 0.3 is 0 Å². The minimum absolute atomic E-state index is 0.147. The van der Waals surface area contributed by atoms with E-state index in [1.807, 2.05) is 12.3 Å². The summed E-state index contributed by atoms with van der Waals surface area (Å²) in [7, 11) is -1.22. The Hall–Kier alpha value is -2.98. The predicted octanol–water partition coefficient (Wildman–Crippen LogP) is 5.01. The lowest BCUT2D eigenvalue weighted by atomic mass is 9.88. The molecule has 4 heterocycles. The minimum atomic E-state index is -3.00. The molecule has 0 spiro atoms. The van der Waals surface area contributed by atoms with E-state index in [4.69, 9.17) is 14.7 Å². The summed E-state index contributed by atoms with van der Waals surface area (Å²) in [5, 5.41) is 5.63. The van der Waals surface area contributed by atoms with Crippen LogP contribution in [0.3, 0.4) is 0 Å². The molecule has 0 bridgehead atoms. The first-order chi connectivity index (χ1) is 19.1. The first-order valence-corrected chi connectivity index (χ1v) is 16.2. The van der Waals surface area contributed by atoms with Gasteiger partial charge in [-0.1, -0.05) is 33.8 Å². The SMILES string of the molecule is CCS(=O)(=O)C[C@H]1CN(c2ccc(C(C)C)c3cc(Nc4ccnc(N5CC[C@@H](OC)[C@H](C)C5)n4)ncc23)[C@@H]1C. The van der Waals surface area contributed by atoms with Crippen LogP contribution in [0.2, 0.25) is 0 Å². The molecule has 1 N–H and O–H groups in total. The number of sulfone groups is 1. The third-order valence-electron chi connectivity index (χ3n) is 8.67. The summed E-state index contributed by atoms with van der Waals surface area (Å²) >= 11 is 0. The molecule has 0 radical (unpaired) electrons. The van der Waals surface area contributed by atoms with E-state index in [1.165, 1.54) is 5.56 Å². The minimum Gasteiger partial charge on any atom is -0.381 e. The highest BCUT2D eigenvalue weighted by Crippen LogP contribution is 2.39. The molecule has 2 saturated heterocycles. The van der Waals surface area contributed by atoms with Crippen LogP contribution >= 0.6 is 0 Å². The highest BCUT2D eigenvalue weighted by atomic mass is 32.2. The second-order valence-electron chi connectivity index (χ2n) is 11.6. The average molecular weight is 567 g/mol. The molecule has 2 aromatic heterocycles. The number of pyridine rings is 1. The van der Waals surface area contributed by atoms with E-state index in [0.29, 0.717) is 23.6 Å². The van der Waals surface area contributed by atoms with Crippen molar-refractivity contribution in [2.24, 2.45) is 11.8 Å². The van der Waals surface area contributed by atoms with Crippen molar-refractivity contribution in [3.8, 4) is 0 Å². The lowest BCUT2D eigenvalue weighted by Crippen LogP contribution is -2.57. The van der Waals surface area contributed by atoms with Crippen molar-refractivity contribution in [3.05, 3.63) is 42.2 Å². The van der Waals surface area contributed by atoms with E-state index in [2.05, 4.69) is 66.0 Å². The normalized spacial score (nSPS) is 23.5. The predicted molar refractivity (Wildman–Crippen MR) is 163 cm³/mol. The number of ether oxygens (including phenoxy) is 1. The van der Waals surface area contributed by atoms with Gasteiger partial charge in [0, 0.05) is 67.9 Å². The summed E-state index contributed by atoms with van der Waals surface area (Å²) in [6, 6.07) is 8.49. The lowest BCUT2D eigenvalue weighted by molar-refractivity contribution is 0.0442. The van der Waals surface area contributed by atoms with Crippen molar-refractivity contribution < 1.29 is 13.2 Å². The van der Waals surface area contributed by atoms with Gasteiger partial charge in [0.2, 0.25) is 5.95 Å². The van der Waals surface area contributed by atoms with E-state index in [-0.39, 0.29) is 29.6 Å². The molecule has 5 rings (SSSR count). The van der Waals surface area contributed by atoms with Crippen LogP contribution in [-0.2, 0) is 14.6 Å². The van der Waals surface area contributed by atoms with Gasteiger partial charge in [-0.05, 0) is 54.3 Å². The third kappa shape index (κ3) is 5.74. The van der Waals surface area contributed by atoms with Gasteiger partial charge < -0.3 is 19.9 Å². The number of nitrogens with zero attached hydrogens (tertiary/aromatic N) is 5.